The summed E-state index contributed by atoms with van der Waals surface area (Å²) >= 11 is 12.4. The molecular weight excluding hydrogens is 355 g/mol. The van der Waals surface area contributed by atoms with Crippen LogP contribution in [0.4, 0.5) is 0 Å². The second kappa shape index (κ2) is 7.41. The Kier molecular flexibility index (Phi) is 6.60. The van der Waals surface area contributed by atoms with E-state index < -0.39 is 20.9 Å². The first kappa shape index (κ1) is 19.6. The number of hydrogen-bond acceptors (Lipinski definition) is 5. The van der Waals surface area contributed by atoms with Crippen LogP contribution in [0.3, 0.4) is 0 Å². The number of hydrazine groups is 1. The van der Waals surface area contributed by atoms with Crippen LogP contribution >= 0.6 is 23.2 Å². The van der Waals surface area contributed by atoms with E-state index in [1.54, 1.807) is 6.07 Å². The maximum absolute atomic E-state index is 10.7. The molecule has 0 amide bonds. The number of alkyl halides is 1. The smallest absolute Gasteiger partial charge is 0.386 e. The molecule has 10 heteroatoms. The van der Waals surface area contributed by atoms with Gasteiger partial charge in [-0.1, -0.05) is 29.8 Å². The van der Waals surface area contributed by atoms with Crippen LogP contribution in [0.15, 0.2) is 24.3 Å². The minimum Gasteiger partial charge on any atom is -0.386 e. The van der Waals surface area contributed by atoms with E-state index in [0.717, 1.165) is 18.4 Å². The molecule has 1 aromatic rings. The van der Waals surface area contributed by atoms with Gasteiger partial charge in [-0.15, -0.1) is 11.6 Å². The van der Waals surface area contributed by atoms with Crippen LogP contribution in [0.25, 0.3) is 0 Å². The lowest BCUT2D eigenvalue weighted by atomic mass is 9.89. The van der Waals surface area contributed by atoms with Crippen molar-refractivity contribution in [3.8, 4) is 0 Å². The van der Waals surface area contributed by atoms with Crippen molar-refractivity contribution in [3.05, 3.63) is 34.9 Å². The zero-order valence-electron chi connectivity index (χ0n) is 11.5. The highest BCUT2D eigenvalue weighted by molar-refractivity contribution is 7.79. The Morgan fingerprint density at radius 3 is 2.23 bits per heavy atom. The van der Waals surface area contributed by atoms with Gasteiger partial charge in [0.15, 0.2) is 0 Å². The van der Waals surface area contributed by atoms with Gasteiger partial charge in [0.25, 0.3) is 0 Å². The van der Waals surface area contributed by atoms with Crippen LogP contribution in [0.1, 0.15) is 18.4 Å². The Balaban J connectivity index is 0.000000422. The molecular formula is C12H18Cl2N2O5S. The van der Waals surface area contributed by atoms with Gasteiger partial charge < -0.3 is 5.11 Å². The lowest BCUT2D eigenvalue weighted by molar-refractivity contribution is 0.0286. The largest absolute Gasteiger partial charge is 0.394 e. The highest BCUT2D eigenvalue weighted by Crippen LogP contribution is 2.52. The van der Waals surface area contributed by atoms with E-state index in [1.165, 1.54) is 0 Å². The van der Waals surface area contributed by atoms with E-state index in [1.807, 2.05) is 18.2 Å². The number of halogens is 2. The first-order chi connectivity index (χ1) is 10.0. The Bertz CT molecular complexity index is 601. The Labute approximate surface area is 139 Å². The molecule has 1 fully saturated rings. The first-order valence-electron chi connectivity index (χ1n) is 6.29. The van der Waals surface area contributed by atoms with Gasteiger partial charge in [-0.05, 0) is 24.5 Å². The number of rotatable bonds is 5. The molecule has 6 N–H and O–H groups in total. The molecule has 0 aromatic heterocycles. The summed E-state index contributed by atoms with van der Waals surface area (Å²) in [5, 5.41) is 11.3. The van der Waals surface area contributed by atoms with Crippen LogP contribution in [0.2, 0.25) is 5.02 Å². The minimum atomic E-state index is -4.67. The van der Waals surface area contributed by atoms with Crippen LogP contribution in [-0.2, 0) is 16.8 Å². The zero-order valence-corrected chi connectivity index (χ0v) is 13.9. The predicted molar refractivity (Wildman–Crippen MR) is 84.3 cm³/mol. The molecule has 1 atom stereocenters. The summed E-state index contributed by atoms with van der Waals surface area (Å²) in [6, 6.07) is 7.46. The SMILES string of the molecule is NNCC(O)(Cc1ccccc1Cl)C1(Cl)CC1.O=S(=O)(O)O. The van der Waals surface area contributed by atoms with Gasteiger partial charge in [0.1, 0.15) is 5.60 Å². The Morgan fingerprint density at radius 1 is 1.32 bits per heavy atom. The van der Waals surface area contributed by atoms with Gasteiger partial charge >= 0.3 is 10.4 Å². The number of aliphatic hydroxyl groups is 1. The van der Waals surface area contributed by atoms with E-state index in [2.05, 4.69) is 5.43 Å². The maximum Gasteiger partial charge on any atom is 0.394 e. The topological polar surface area (TPSA) is 133 Å². The fourth-order valence-corrected chi connectivity index (χ4v) is 2.51. The molecule has 0 aliphatic heterocycles. The summed E-state index contributed by atoms with van der Waals surface area (Å²) in [4.78, 5) is -0.571. The fraction of sp³-hybridized carbons (Fsp3) is 0.500. The average Bonchev–Trinajstić information content (AvgIpc) is 3.10. The molecule has 1 unspecified atom stereocenters. The molecule has 1 aliphatic carbocycles. The maximum atomic E-state index is 10.7. The van der Waals surface area contributed by atoms with Crippen molar-refractivity contribution in [2.75, 3.05) is 6.54 Å². The predicted octanol–water partition coefficient (Wildman–Crippen LogP) is 1.20. The van der Waals surface area contributed by atoms with Crippen LogP contribution < -0.4 is 11.3 Å². The molecule has 0 saturated heterocycles. The molecule has 2 rings (SSSR count). The van der Waals surface area contributed by atoms with Crippen molar-refractivity contribution in [1.82, 2.24) is 5.43 Å². The second-order valence-electron chi connectivity index (χ2n) is 5.09. The summed E-state index contributed by atoms with van der Waals surface area (Å²) in [7, 11) is -4.67. The summed E-state index contributed by atoms with van der Waals surface area (Å²) in [6.07, 6.45) is 2.01. The Hall–Kier alpha value is -0.450. The van der Waals surface area contributed by atoms with Gasteiger partial charge in [0.05, 0.1) is 4.87 Å². The van der Waals surface area contributed by atoms with Crippen molar-refractivity contribution < 1.29 is 22.6 Å². The van der Waals surface area contributed by atoms with E-state index in [9.17, 15) is 5.11 Å². The highest BCUT2D eigenvalue weighted by Gasteiger charge is 2.57. The second-order valence-corrected chi connectivity index (χ2v) is 7.12. The lowest BCUT2D eigenvalue weighted by Crippen LogP contribution is -2.52. The van der Waals surface area contributed by atoms with E-state index in [-0.39, 0.29) is 6.54 Å². The van der Waals surface area contributed by atoms with Gasteiger partial charge in [-0.3, -0.25) is 20.4 Å². The summed E-state index contributed by atoms with van der Waals surface area (Å²) in [6.45, 7) is 0.252. The fourth-order valence-electron chi connectivity index (χ4n) is 2.08. The normalized spacial score (nSPS) is 18.8. The van der Waals surface area contributed by atoms with E-state index in [4.69, 9.17) is 46.6 Å². The molecule has 1 aromatic carbocycles. The minimum absolute atomic E-state index is 0.252. The molecule has 1 aliphatic rings. The van der Waals surface area contributed by atoms with E-state index in [0.29, 0.717) is 11.4 Å². The van der Waals surface area contributed by atoms with Crippen molar-refractivity contribution in [3.63, 3.8) is 0 Å². The van der Waals surface area contributed by atoms with Crippen molar-refractivity contribution in [1.29, 1.82) is 0 Å². The number of hydrogen-bond donors (Lipinski definition) is 5. The van der Waals surface area contributed by atoms with Crippen molar-refractivity contribution in [2.45, 2.75) is 29.7 Å². The van der Waals surface area contributed by atoms with Crippen molar-refractivity contribution in [2.24, 2.45) is 5.84 Å². The van der Waals surface area contributed by atoms with Crippen molar-refractivity contribution >= 4 is 33.6 Å². The third-order valence-corrected chi connectivity index (χ3v) is 4.46. The average molecular weight is 373 g/mol. The number of nitrogens with one attached hydrogen (secondary N) is 1. The van der Waals surface area contributed by atoms with Gasteiger partial charge in [0.2, 0.25) is 0 Å². The van der Waals surface area contributed by atoms with Crippen LogP contribution in [0, 0.1) is 0 Å². The van der Waals surface area contributed by atoms with Gasteiger partial charge in [-0.25, -0.2) is 0 Å². The van der Waals surface area contributed by atoms with Gasteiger partial charge in [-0.2, -0.15) is 8.42 Å². The van der Waals surface area contributed by atoms with Crippen LogP contribution in [0.5, 0.6) is 0 Å². The monoisotopic (exact) mass is 372 g/mol. The summed E-state index contributed by atoms with van der Waals surface area (Å²) in [5.41, 5.74) is 2.34. The number of nitrogens with two attached hydrogens (primary N) is 1. The molecule has 126 valence electrons. The third kappa shape index (κ3) is 5.98. The van der Waals surface area contributed by atoms with Gasteiger partial charge in [0, 0.05) is 18.0 Å². The molecule has 0 spiro atoms. The molecule has 22 heavy (non-hydrogen) atoms. The molecule has 1 saturated carbocycles. The molecule has 0 radical (unpaired) electrons. The molecule has 7 nitrogen and oxygen atoms in total. The zero-order chi connectivity index (χ0) is 17.0. The van der Waals surface area contributed by atoms with Crippen LogP contribution in [-0.4, -0.2) is 39.6 Å². The number of benzene rings is 1. The summed E-state index contributed by atoms with van der Waals surface area (Å²) in [5.74, 6) is 5.33. The summed E-state index contributed by atoms with van der Waals surface area (Å²) < 4.78 is 31.6. The third-order valence-electron chi connectivity index (χ3n) is 3.36. The quantitative estimate of drug-likeness (QED) is 0.227. The Morgan fingerprint density at radius 2 is 1.82 bits per heavy atom. The molecule has 0 heterocycles. The molecule has 0 bridgehead atoms. The highest BCUT2D eigenvalue weighted by atomic mass is 35.5. The first-order valence-corrected chi connectivity index (χ1v) is 8.44. The standard InChI is InChI=1S/C12H16Cl2N2O.H2O4S/c13-10-4-2-1-3-9(10)7-12(17,8-16-15)11(14)5-6-11;1-5(2,3)4/h1-4,16-17H,5-8,15H2;(H2,1,2,3,4). The van der Waals surface area contributed by atoms with E-state index >= 15 is 0 Å². The lowest BCUT2D eigenvalue weighted by Gasteiger charge is -2.33.